The molecule has 0 fully saturated rings. The summed E-state index contributed by atoms with van der Waals surface area (Å²) < 4.78 is 49.2. The lowest BCUT2D eigenvalue weighted by Crippen LogP contribution is -2.44. The average Bonchev–Trinajstić information content (AvgIpc) is 3.09. The Balaban J connectivity index is 2.79. The second-order valence-corrected chi connectivity index (χ2v) is 12.4. The van der Waals surface area contributed by atoms with Gasteiger partial charge in [-0.2, -0.15) is 13.2 Å². The summed E-state index contributed by atoms with van der Waals surface area (Å²) in [5, 5.41) is 2.80. The molecule has 0 saturated heterocycles. The van der Waals surface area contributed by atoms with Gasteiger partial charge >= 0.3 is 18.1 Å². The van der Waals surface area contributed by atoms with Crippen LogP contribution in [0.4, 0.5) is 18.9 Å². The molecule has 0 aliphatic rings. The van der Waals surface area contributed by atoms with Crippen molar-refractivity contribution >= 4 is 57.9 Å². The molecule has 5 nitrogen and oxygen atoms in total. The number of hydrogen-bond acceptors (Lipinski definition) is 4. The smallest absolute Gasteiger partial charge is 0.465 e. The summed E-state index contributed by atoms with van der Waals surface area (Å²) in [7, 11) is -0.828. The van der Waals surface area contributed by atoms with Gasteiger partial charge in [0.05, 0.1) is 18.2 Å². The zero-order chi connectivity index (χ0) is 21.3. The van der Waals surface area contributed by atoms with Crippen LogP contribution in [-0.2, 0) is 9.53 Å². The van der Waals surface area contributed by atoms with Crippen LogP contribution in [0.25, 0.3) is 11.0 Å². The van der Waals surface area contributed by atoms with Crippen LogP contribution in [0.3, 0.4) is 0 Å². The fraction of sp³-hybridized carbons (Fsp3) is 0.444. The van der Waals surface area contributed by atoms with Gasteiger partial charge < -0.3 is 14.5 Å². The quantitative estimate of drug-likeness (QED) is 0.456. The van der Waals surface area contributed by atoms with Gasteiger partial charge in [-0.05, 0) is 28.1 Å². The van der Waals surface area contributed by atoms with E-state index in [1.54, 1.807) is 6.07 Å². The molecule has 1 N–H and O–H groups in total. The number of amides is 1. The largest absolute Gasteiger partial charge is 0.471 e. The summed E-state index contributed by atoms with van der Waals surface area (Å²) in [5.74, 6) is -2.79. The Morgan fingerprint density at radius 3 is 2.21 bits per heavy atom. The van der Waals surface area contributed by atoms with Crippen molar-refractivity contribution in [3.05, 3.63) is 22.2 Å². The van der Waals surface area contributed by atoms with E-state index < -0.39 is 26.1 Å². The third kappa shape index (κ3) is 3.98. The van der Waals surface area contributed by atoms with Crippen molar-refractivity contribution < 1.29 is 31.9 Å². The van der Waals surface area contributed by atoms with E-state index in [0.717, 1.165) is 18.1 Å². The van der Waals surface area contributed by atoms with Crippen molar-refractivity contribution in [2.24, 2.45) is 0 Å². The molecular weight excluding hydrogens is 459 g/mol. The molecule has 0 bridgehead atoms. The van der Waals surface area contributed by atoms with Crippen LogP contribution in [0.15, 0.2) is 21.0 Å². The van der Waals surface area contributed by atoms with E-state index in [9.17, 15) is 22.8 Å². The monoisotopic (exact) mass is 479 g/mol. The van der Waals surface area contributed by atoms with Crippen LogP contribution in [0.2, 0.25) is 18.1 Å². The molecule has 1 aromatic heterocycles. The lowest BCUT2D eigenvalue weighted by molar-refractivity contribution is -0.167. The Kier molecular flexibility index (Phi) is 6.65. The number of halogens is 4. The highest BCUT2D eigenvalue weighted by Crippen LogP contribution is 2.37. The van der Waals surface area contributed by atoms with Crippen molar-refractivity contribution in [3.8, 4) is 0 Å². The highest BCUT2D eigenvalue weighted by molar-refractivity contribution is 9.10. The SMILES string of the molecule is CC[Si](CC)(CC)c1cc2c(NC(=O)C(F)(F)F)c(Br)cc(C(=O)OC)c2o1. The van der Waals surface area contributed by atoms with Crippen LogP contribution in [-0.4, -0.2) is 33.2 Å². The number of alkyl halides is 3. The summed E-state index contributed by atoms with van der Waals surface area (Å²) in [5.41, 5.74) is 0.0905. The molecule has 1 heterocycles. The van der Waals surface area contributed by atoms with Gasteiger partial charge in [0.15, 0.2) is 0 Å². The van der Waals surface area contributed by atoms with Gasteiger partial charge in [0, 0.05) is 9.86 Å². The fourth-order valence-corrected chi connectivity index (χ4v) is 7.13. The molecule has 1 amide bonds. The molecule has 2 aromatic rings. The van der Waals surface area contributed by atoms with Crippen LogP contribution in [0, 0.1) is 0 Å². The molecule has 154 valence electrons. The van der Waals surface area contributed by atoms with Gasteiger partial charge in [0.25, 0.3) is 0 Å². The fourth-order valence-electron chi connectivity index (χ4n) is 3.28. The minimum absolute atomic E-state index is 0.0758. The predicted octanol–water partition coefficient (Wildman–Crippen LogP) is 5.20. The Hall–Kier alpha value is -1.81. The Morgan fingerprint density at radius 2 is 1.75 bits per heavy atom. The molecular formula is C18H21BrF3NO4Si. The number of carbonyl (C=O) groups is 2. The number of fused-ring (bicyclic) bond motifs is 1. The molecule has 0 atom stereocenters. The lowest BCUT2D eigenvalue weighted by atomic mass is 10.1. The molecule has 1 aromatic carbocycles. The number of methoxy groups -OCH3 is 1. The number of carbonyl (C=O) groups excluding carboxylic acids is 2. The second kappa shape index (κ2) is 8.28. The molecule has 0 radical (unpaired) electrons. The van der Waals surface area contributed by atoms with E-state index in [-0.39, 0.29) is 26.7 Å². The Morgan fingerprint density at radius 1 is 1.18 bits per heavy atom. The van der Waals surface area contributed by atoms with Gasteiger partial charge in [-0.1, -0.05) is 38.9 Å². The normalized spacial score (nSPS) is 12.3. The van der Waals surface area contributed by atoms with Gasteiger partial charge in [-0.25, -0.2) is 4.79 Å². The maximum atomic E-state index is 12.8. The summed E-state index contributed by atoms with van der Waals surface area (Å²) in [6.45, 7) is 6.15. The molecule has 0 unspecified atom stereocenters. The minimum atomic E-state index is -5.05. The van der Waals surface area contributed by atoms with Gasteiger partial charge in [-0.15, -0.1) is 0 Å². The van der Waals surface area contributed by atoms with Crippen LogP contribution < -0.4 is 10.7 Å². The number of benzene rings is 1. The van der Waals surface area contributed by atoms with Crippen LogP contribution >= 0.6 is 15.9 Å². The molecule has 0 aliphatic carbocycles. The van der Waals surface area contributed by atoms with Gasteiger partial charge in [0.1, 0.15) is 19.2 Å². The summed E-state index contributed by atoms with van der Waals surface area (Å²) >= 11 is 3.15. The standard InChI is InChI=1S/C18H21BrF3NO4Si/c1-5-28(6-2,7-3)13-9-10-14(23-17(25)18(20,21)22)12(19)8-11(15(10)27-13)16(24)26-4/h8-9H,5-7H2,1-4H3,(H,23,25). The molecule has 28 heavy (non-hydrogen) atoms. The van der Waals surface area contributed by atoms with Crippen LogP contribution in [0.5, 0.6) is 0 Å². The average molecular weight is 480 g/mol. The van der Waals surface area contributed by atoms with Crippen LogP contribution in [0.1, 0.15) is 31.1 Å². The first kappa shape index (κ1) is 22.5. The van der Waals surface area contributed by atoms with Gasteiger partial charge in [0.2, 0.25) is 0 Å². The first-order valence-electron chi connectivity index (χ1n) is 8.77. The number of hydrogen-bond donors (Lipinski definition) is 1. The van der Waals surface area contributed by atoms with E-state index in [1.807, 2.05) is 5.32 Å². The number of esters is 1. The van der Waals surface area contributed by atoms with E-state index in [0.29, 0.717) is 5.38 Å². The number of nitrogens with one attached hydrogen (secondary N) is 1. The third-order valence-corrected chi connectivity index (χ3v) is 11.2. The van der Waals surface area contributed by atoms with E-state index in [2.05, 4.69) is 36.7 Å². The maximum absolute atomic E-state index is 12.8. The number of rotatable bonds is 6. The Labute approximate surface area is 169 Å². The topological polar surface area (TPSA) is 68.5 Å². The minimum Gasteiger partial charge on any atom is -0.465 e. The predicted molar refractivity (Wildman–Crippen MR) is 107 cm³/mol. The maximum Gasteiger partial charge on any atom is 0.471 e. The van der Waals surface area contributed by atoms with Crippen molar-refractivity contribution in [2.45, 2.75) is 45.1 Å². The summed E-state index contributed by atoms with van der Waals surface area (Å²) in [4.78, 5) is 23.7. The van der Waals surface area contributed by atoms with Crippen molar-refractivity contribution in [1.29, 1.82) is 0 Å². The van der Waals surface area contributed by atoms with E-state index in [1.165, 1.54) is 13.2 Å². The number of ether oxygens (including phenoxy) is 1. The molecule has 10 heteroatoms. The molecule has 2 rings (SSSR count). The second-order valence-electron chi connectivity index (χ2n) is 6.42. The van der Waals surface area contributed by atoms with Crippen molar-refractivity contribution in [1.82, 2.24) is 0 Å². The number of furan rings is 1. The zero-order valence-corrected chi connectivity index (χ0v) is 18.5. The molecule has 0 saturated carbocycles. The summed E-state index contributed by atoms with van der Waals surface area (Å²) in [6.07, 6.45) is -5.05. The van der Waals surface area contributed by atoms with Crippen molar-refractivity contribution in [3.63, 3.8) is 0 Å². The first-order valence-corrected chi connectivity index (χ1v) is 12.2. The van der Waals surface area contributed by atoms with Crippen molar-refractivity contribution in [2.75, 3.05) is 12.4 Å². The van der Waals surface area contributed by atoms with Gasteiger partial charge in [-0.3, -0.25) is 4.79 Å². The Bertz CT molecular complexity index is 898. The van der Waals surface area contributed by atoms with E-state index in [4.69, 9.17) is 9.15 Å². The molecule has 0 aliphatic heterocycles. The highest BCUT2D eigenvalue weighted by atomic mass is 79.9. The number of anilines is 1. The summed E-state index contributed by atoms with van der Waals surface area (Å²) in [6, 6.07) is 5.57. The third-order valence-electron chi connectivity index (χ3n) is 5.21. The molecule has 0 spiro atoms. The van der Waals surface area contributed by atoms with E-state index >= 15 is 0 Å². The first-order chi connectivity index (χ1) is 13.0. The lowest BCUT2D eigenvalue weighted by Gasteiger charge is -2.24. The highest BCUT2D eigenvalue weighted by Gasteiger charge is 2.40. The zero-order valence-electron chi connectivity index (χ0n) is 15.9.